The first-order valence-corrected chi connectivity index (χ1v) is 8.04. The molecule has 0 aromatic carbocycles. The van der Waals surface area contributed by atoms with Gasteiger partial charge < -0.3 is 4.43 Å². The molecule has 2 heteroatoms. The fraction of sp³-hybridized carbons (Fsp3) is 0.600. The van der Waals surface area contributed by atoms with Crippen LogP contribution >= 0.6 is 0 Å². The number of fused-ring (bicyclic) bond motifs is 2. The summed E-state index contributed by atoms with van der Waals surface area (Å²) >= 11 is 0. The average molecular weight is 180 g/mol. The van der Waals surface area contributed by atoms with Crippen molar-refractivity contribution >= 4 is 8.32 Å². The van der Waals surface area contributed by atoms with Crippen LogP contribution in [0.2, 0.25) is 19.6 Å². The Labute approximate surface area is 75.3 Å². The molecular formula is C10H16OSi. The van der Waals surface area contributed by atoms with Gasteiger partial charge in [-0.15, -0.1) is 0 Å². The van der Waals surface area contributed by atoms with E-state index in [1.54, 1.807) is 0 Å². The predicted molar refractivity (Wildman–Crippen MR) is 53.3 cm³/mol. The summed E-state index contributed by atoms with van der Waals surface area (Å²) in [6.07, 6.45) is 8.14. The van der Waals surface area contributed by atoms with Crippen LogP contribution < -0.4 is 0 Å². The summed E-state index contributed by atoms with van der Waals surface area (Å²) < 4.78 is 5.98. The van der Waals surface area contributed by atoms with Gasteiger partial charge in [0.15, 0.2) is 0 Å². The van der Waals surface area contributed by atoms with Gasteiger partial charge in [-0.25, -0.2) is 0 Å². The molecule has 0 fully saturated rings. The Hall–Kier alpha value is -0.503. The van der Waals surface area contributed by atoms with E-state index in [4.69, 9.17) is 4.43 Å². The van der Waals surface area contributed by atoms with Crippen molar-refractivity contribution in [3.8, 4) is 0 Å². The molecule has 2 unspecified atom stereocenters. The van der Waals surface area contributed by atoms with E-state index in [9.17, 15) is 0 Å². The largest absolute Gasteiger partial charge is 0.547 e. The van der Waals surface area contributed by atoms with Crippen molar-refractivity contribution < 1.29 is 4.43 Å². The van der Waals surface area contributed by atoms with Gasteiger partial charge in [-0.3, -0.25) is 0 Å². The molecule has 0 saturated carbocycles. The van der Waals surface area contributed by atoms with E-state index in [1.165, 1.54) is 12.2 Å². The third-order valence-electron chi connectivity index (χ3n) is 2.28. The average Bonchev–Trinajstić information content (AvgIpc) is 2.42. The van der Waals surface area contributed by atoms with Crippen LogP contribution in [-0.2, 0) is 4.43 Å². The highest BCUT2D eigenvalue weighted by Crippen LogP contribution is 2.39. The van der Waals surface area contributed by atoms with E-state index in [1.807, 2.05) is 0 Å². The van der Waals surface area contributed by atoms with Gasteiger partial charge in [0.2, 0.25) is 8.32 Å². The fourth-order valence-electron chi connectivity index (χ4n) is 1.86. The highest BCUT2D eigenvalue weighted by molar-refractivity contribution is 6.70. The van der Waals surface area contributed by atoms with Crippen LogP contribution in [0.4, 0.5) is 0 Å². The summed E-state index contributed by atoms with van der Waals surface area (Å²) in [5.74, 6) is 2.55. The molecule has 0 aromatic rings. The number of hydrogen-bond acceptors (Lipinski definition) is 1. The SMILES string of the molecule is C[Si](C)(C)OC1=CC2C=CC1C2. The second-order valence-corrected chi connectivity index (χ2v) is 9.10. The topological polar surface area (TPSA) is 9.23 Å². The van der Waals surface area contributed by atoms with E-state index in [0.717, 1.165) is 0 Å². The minimum Gasteiger partial charge on any atom is -0.547 e. The van der Waals surface area contributed by atoms with E-state index < -0.39 is 8.32 Å². The summed E-state index contributed by atoms with van der Waals surface area (Å²) in [5, 5.41) is 0. The van der Waals surface area contributed by atoms with Crippen LogP contribution in [0.3, 0.4) is 0 Å². The molecule has 0 aliphatic heterocycles. The first-order chi connectivity index (χ1) is 5.54. The number of allylic oxidation sites excluding steroid dienone is 3. The first kappa shape index (κ1) is 8.11. The molecule has 1 nitrogen and oxygen atoms in total. The molecule has 66 valence electrons. The van der Waals surface area contributed by atoms with E-state index in [-0.39, 0.29) is 0 Å². The zero-order valence-electron chi connectivity index (χ0n) is 8.00. The summed E-state index contributed by atoms with van der Waals surface area (Å²) in [4.78, 5) is 0. The van der Waals surface area contributed by atoms with Gasteiger partial charge in [-0.05, 0) is 38.1 Å². The summed E-state index contributed by atoms with van der Waals surface area (Å²) in [6.45, 7) is 6.72. The van der Waals surface area contributed by atoms with Crippen LogP contribution in [0.1, 0.15) is 6.42 Å². The smallest absolute Gasteiger partial charge is 0.241 e. The van der Waals surface area contributed by atoms with Crippen LogP contribution in [0.5, 0.6) is 0 Å². The maximum atomic E-state index is 5.98. The minimum absolute atomic E-state index is 0.613. The Kier molecular flexibility index (Phi) is 1.68. The molecule has 0 heterocycles. The van der Waals surface area contributed by atoms with Gasteiger partial charge in [0.1, 0.15) is 0 Å². The van der Waals surface area contributed by atoms with Crippen molar-refractivity contribution in [1.29, 1.82) is 0 Å². The van der Waals surface area contributed by atoms with Crippen LogP contribution in [0.15, 0.2) is 24.0 Å². The Morgan fingerprint density at radius 3 is 2.50 bits per heavy atom. The second kappa shape index (κ2) is 2.49. The normalized spacial score (nSPS) is 32.4. The highest BCUT2D eigenvalue weighted by atomic mass is 28.4. The Bertz CT molecular complexity index is 247. The molecule has 0 amide bonds. The zero-order valence-corrected chi connectivity index (χ0v) is 9.00. The van der Waals surface area contributed by atoms with Crippen molar-refractivity contribution in [3.63, 3.8) is 0 Å². The molecule has 0 saturated heterocycles. The van der Waals surface area contributed by atoms with Crippen molar-refractivity contribution in [2.24, 2.45) is 11.8 Å². The molecule has 12 heavy (non-hydrogen) atoms. The van der Waals surface area contributed by atoms with Crippen molar-refractivity contribution in [2.45, 2.75) is 26.1 Å². The molecular weight excluding hydrogens is 164 g/mol. The van der Waals surface area contributed by atoms with Gasteiger partial charge in [0.05, 0.1) is 5.76 Å². The fourth-order valence-corrected chi connectivity index (χ4v) is 2.79. The maximum absolute atomic E-state index is 5.98. The van der Waals surface area contributed by atoms with Crippen LogP contribution in [0, 0.1) is 11.8 Å². The Morgan fingerprint density at radius 2 is 2.08 bits per heavy atom. The standard InChI is InChI=1S/C10H16OSi/c1-12(2,3)11-10-7-8-4-5-9(10)6-8/h4-5,7-9H,6H2,1-3H3. The lowest BCUT2D eigenvalue weighted by atomic mass is 10.1. The lowest BCUT2D eigenvalue weighted by Crippen LogP contribution is -2.26. The van der Waals surface area contributed by atoms with Gasteiger partial charge >= 0.3 is 0 Å². The molecule has 0 aromatic heterocycles. The molecule has 2 atom stereocenters. The lowest BCUT2D eigenvalue weighted by Gasteiger charge is -2.23. The number of hydrogen-bond donors (Lipinski definition) is 0. The lowest BCUT2D eigenvalue weighted by molar-refractivity contribution is 0.379. The maximum Gasteiger partial charge on any atom is 0.241 e. The van der Waals surface area contributed by atoms with Gasteiger partial charge in [-0.1, -0.05) is 12.2 Å². The molecule has 0 N–H and O–H groups in total. The van der Waals surface area contributed by atoms with Gasteiger partial charge in [0.25, 0.3) is 0 Å². The third-order valence-corrected chi connectivity index (χ3v) is 3.13. The molecule has 2 aliphatic carbocycles. The summed E-state index contributed by atoms with van der Waals surface area (Å²) in [7, 11) is -1.36. The Balaban J connectivity index is 2.04. The van der Waals surface area contributed by atoms with Crippen LogP contribution in [0.25, 0.3) is 0 Å². The van der Waals surface area contributed by atoms with Crippen molar-refractivity contribution in [1.82, 2.24) is 0 Å². The van der Waals surface area contributed by atoms with Gasteiger partial charge in [-0.2, -0.15) is 0 Å². The summed E-state index contributed by atoms with van der Waals surface area (Å²) in [5.41, 5.74) is 0. The minimum atomic E-state index is -1.36. The second-order valence-electron chi connectivity index (χ2n) is 4.67. The molecule has 0 radical (unpaired) electrons. The molecule has 0 spiro atoms. The highest BCUT2D eigenvalue weighted by Gasteiger charge is 2.31. The third kappa shape index (κ3) is 1.48. The zero-order chi connectivity index (χ0) is 8.77. The monoisotopic (exact) mass is 180 g/mol. The van der Waals surface area contributed by atoms with Gasteiger partial charge in [0, 0.05) is 5.92 Å². The van der Waals surface area contributed by atoms with Crippen molar-refractivity contribution in [2.75, 3.05) is 0 Å². The molecule has 2 bridgehead atoms. The predicted octanol–water partition coefficient (Wildman–Crippen LogP) is 2.93. The van der Waals surface area contributed by atoms with E-state index in [0.29, 0.717) is 11.8 Å². The quantitative estimate of drug-likeness (QED) is 0.469. The van der Waals surface area contributed by atoms with E-state index >= 15 is 0 Å². The Morgan fingerprint density at radius 1 is 1.33 bits per heavy atom. The molecule has 2 rings (SSSR count). The van der Waals surface area contributed by atoms with Crippen molar-refractivity contribution in [3.05, 3.63) is 24.0 Å². The molecule has 2 aliphatic rings. The van der Waals surface area contributed by atoms with Crippen LogP contribution in [-0.4, -0.2) is 8.32 Å². The summed E-state index contributed by atoms with van der Waals surface area (Å²) in [6, 6.07) is 0. The first-order valence-electron chi connectivity index (χ1n) is 4.64. The van der Waals surface area contributed by atoms with E-state index in [2.05, 4.69) is 37.9 Å². The number of rotatable bonds is 2.